The number of anilines is 2. The van der Waals surface area contributed by atoms with Crippen LogP contribution in [0.5, 0.6) is 0 Å². The predicted molar refractivity (Wildman–Crippen MR) is 101 cm³/mol. The molecule has 3 amide bonds. The summed E-state index contributed by atoms with van der Waals surface area (Å²) in [6.45, 7) is 2.37. The molecule has 1 unspecified atom stereocenters. The van der Waals surface area contributed by atoms with E-state index in [1.165, 1.54) is 0 Å². The number of hydrogen-bond donors (Lipinski definition) is 2. The molecule has 1 aliphatic heterocycles. The van der Waals surface area contributed by atoms with Gasteiger partial charge in [0, 0.05) is 17.3 Å². The van der Waals surface area contributed by atoms with Crippen molar-refractivity contribution in [3.63, 3.8) is 0 Å². The maximum Gasteiger partial charge on any atom is 0.319 e. The number of carbonyl (C=O) groups is 2. The van der Waals surface area contributed by atoms with Gasteiger partial charge in [0.15, 0.2) is 0 Å². The molecule has 0 aromatic heterocycles. The van der Waals surface area contributed by atoms with Gasteiger partial charge in [-0.25, -0.2) is 4.79 Å². The van der Waals surface area contributed by atoms with E-state index < -0.39 is 12.1 Å². The highest BCUT2D eigenvalue weighted by atomic mass is 35.5. The first-order chi connectivity index (χ1) is 12.0. The van der Waals surface area contributed by atoms with Gasteiger partial charge in [-0.3, -0.25) is 4.79 Å². The smallest absolute Gasteiger partial charge is 0.319 e. The zero-order valence-electron chi connectivity index (χ0n) is 13.6. The molecule has 1 fully saturated rings. The van der Waals surface area contributed by atoms with Crippen molar-refractivity contribution in [3.8, 4) is 0 Å². The molecule has 7 heteroatoms. The summed E-state index contributed by atoms with van der Waals surface area (Å²) in [4.78, 5) is 26.4. The van der Waals surface area contributed by atoms with Crippen molar-refractivity contribution in [1.82, 2.24) is 5.32 Å². The fourth-order valence-electron chi connectivity index (χ4n) is 2.77. The molecule has 1 atom stereocenters. The van der Waals surface area contributed by atoms with Crippen molar-refractivity contribution >= 4 is 46.5 Å². The predicted octanol–water partition coefficient (Wildman–Crippen LogP) is 4.23. The van der Waals surface area contributed by atoms with Gasteiger partial charge in [-0.1, -0.05) is 41.4 Å². The molecule has 2 aromatic carbocycles. The van der Waals surface area contributed by atoms with Crippen LogP contribution in [0.2, 0.25) is 10.0 Å². The number of amides is 3. The summed E-state index contributed by atoms with van der Waals surface area (Å²) in [7, 11) is 0. The van der Waals surface area contributed by atoms with E-state index in [2.05, 4.69) is 10.6 Å². The van der Waals surface area contributed by atoms with Gasteiger partial charge < -0.3 is 15.5 Å². The molecular weight excluding hydrogens is 361 g/mol. The van der Waals surface area contributed by atoms with Crippen molar-refractivity contribution in [2.75, 3.05) is 16.8 Å². The zero-order chi connectivity index (χ0) is 18.0. The minimum absolute atomic E-state index is 0.175. The van der Waals surface area contributed by atoms with Crippen LogP contribution in [0.25, 0.3) is 0 Å². The number of hydrogen-bond acceptors (Lipinski definition) is 2. The molecule has 25 heavy (non-hydrogen) atoms. The summed E-state index contributed by atoms with van der Waals surface area (Å²) in [6.07, 6.45) is 0.520. The van der Waals surface area contributed by atoms with Gasteiger partial charge in [0.25, 0.3) is 0 Å². The molecule has 0 saturated carbocycles. The molecule has 0 radical (unpaired) electrons. The van der Waals surface area contributed by atoms with Crippen molar-refractivity contribution < 1.29 is 9.59 Å². The molecular formula is C18H17Cl2N3O2. The third kappa shape index (κ3) is 3.89. The molecule has 1 aliphatic rings. The lowest BCUT2D eigenvalue weighted by atomic mass is 10.2. The topological polar surface area (TPSA) is 61.4 Å². The zero-order valence-corrected chi connectivity index (χ0v) is 15.1. The quantitative estimate of drug-likeness (QED) is 0.840. The van der Waals surface area contributed by atoms with Crippen LogP contribution in [0.1, 0.15) is 12.0 Å². The second-order valence-corrected chi connectivity index (χ2v) is 6.68. The molecule has 0 bridgehead atoms. The third-order valence-electron chi connectivity index (χ3n) is 4.10. The molecule has 2 aromatic rings. The van der Waals surface area contributed by atoms with Crippen molar-refractivity contribution in [3.05, 3.63) is 58.1 Å². The van der Waals surface area contributed by atoms with Gasteiger partial charge in [-0.15, -0.1) is 0 Å². The van der Waals surface area contributed by atoms with E-state index in [0.717, 1.165) is 5.56 Å². The molecule has 0 spiro atoms. The summed E-state index contributed by atoms with van der Waals surface area (Å²) in [5.74, 6) is -0.175. The Balaban J connectivity index is 1.66. The number of para-hydroxylation sites is 1. The molecule has 130 valence electrons. The van der Waals surface area contributed by atoms with Gasteiger partial charge in [0.1, 0.15) is 6.04 Å². The van der Waals surface area contributed by atoms with E-state index >= 15 is 0 Å². The Labute approximate surface area is 155 Å². The summed E-state index contributed by atoms with van der Waals surface area (Å²) >= 11 is 12.1. The molecule has 2 N–H and O–H groups in total. The number of aryl methyl sites for hydroxylation is 1. The van der Waals surface area contributed by atoms with Gasteiger partial charge in [-0.05, 0) is 43.2 Å². The van der Waals surface area contributed by atoms with Crippen LogP contribution in [-0.4, -0.2) is 24.5 Å². The Morgan fingerprint density at radius 3 is 2.72 bits per heavy atom. The highest BCUT2D eigenvalue weighted by Crippen LogP contribution is 2.29. The Kier molecular flexibility index (Phi) is 5.16. The maximum atomic E-state index is 12.6. The number of benzene rings is 2. The van der Waals surface area contributed by atoms with Gasteiger partial charge >= 0.3 is 6.03 Å². The first-order valence-corrected chi connectivity index (χ1v) is 8.61. The van der Waals surface area contributed by atoms with Crippen molar-refractivity contribution in [1.29, 1.82) is 0 Å². The average molecular weight is 378 g/mol. The fourth-order valence-corrected chi connectivity index (χ4v) is 3.18. The van der Waals surface area contributed by atoms with Crippen LogP contribution in [0, 0.1) is 6.92 Å². The molecule has 1 saturated heterocycles. The first-order valence-electron chi connectivity index (χ1n) is 7.85. The summed E-state index contributed by atoms with van der Waals surface area (Å²) in [6, 6.07) is 11.4. The maximum absolute atomic E-state index is 12.6. The van der Waals surface area contributed by atoms with E-state index in [4.69, 9.17) is 23.2 Å². The average Bonchev–Trinajstić information content (AvgIpc) is 2.92. The standard InChI is InChI=1S/C18H17Cl2N3O2/c1-11-6-7-12(19)10-15(11)22-18(25)21-14-8-9-23(17(14)24)16-5-3-2-4-13(16)20/h2-7,10,14H,8-9H2,1H3,(H2,21,22,25). The minimum atomic E-state index is -0.587. The van der Waals surface area contributed by atoms with Crippen LogP contribution < -0.4 is 15.5 Å². The van der Waals surface area contributed by atoms with E-state index in [-0.39, 0.29) is 5.91 Å². The van der Waals surface area contributed by atoms with E-state index in [1.54, 1.807) is 29.2 Å². The monoisotopic (exact) mass is 377 g/mol. The second kappa shape index (κ2) is 7.33. The summed E-state index contributed by atoms with van der Waals surface area (Å²) in [5.41, 5.74) is 2.15. The first kappa shape index (κ1) is 17.6. The molecule has 5 nitrogen and oxygen atoms in total. The lowest BCUT2D eigenvalue weighted by molar-refractivity contribution is -0.118. The van der Waals surface area contributed by atoms with Crippen LogP contribution in [0.3, 0.4) is 0 Å². The number of nitrogens with zero attached hydrogens (tertiary/aromatic N) is 1. The Hall–Kier alpha value is -2.24. The third-order valence-corrected chi connectivity index (χ3v) is 4.66. The molecule has 3 rings (SSSR count). The highest BCUT2D eigenvalue weighted by Gasteiger charge is 2.34. The Bertz CT molecular complexity index is 826. The second-order valence-electron chi connectivity index (χ2n) is 5.84. The largest absolute Gasteiger partial charge is 0.326 e. The Morgan fingerprint density at radius 2 is 1.96 bits per heavy atom. The SMILES string of the molecule is Cc1ccc(Cl)cc1NC(=O)NC1CCN(c2ccccc2Cl)C1=O. The number of halogens is 2. The molecule has 0 aliphatic carbocycles. The number of urea groups is 1. The van der Waals surface area contributed by atoms with E-state index in [9.17, 15) is 9.59 Å². The summed E-state index contributed by atoms with van der Waals surface area (Å²) < 4.78 is 0. The Morgan fingerprint density at radius 1 is 1.20 bits per heavy atom. The lowest BCUT2D eigenvalue weighted by Crippen LogP contribution is -2.43. The lowest BCUT2D eigenvalue weighted by Gasteiger charge is -2.18. The van der Waals surface area contributed by atoms with Crippen molar-refractivity contribution in [2.24, 2.45) is 0 Å². The van der Waals surface area contributed by atoms with Gasteiger partial charge in [0.2, 0.25) is 5.91 Å². The van der Waals surface area contributed by atoms with E-state index in [0.29, 0.717) is 34.4 Å². The van der Waals surface area contributed by atoms with Crippen LogP contribution in [0.15, 0.2) is 42.5 Å². The number of rotatable bonds is 3. The van der Waals surface area contributed by atoms with Crippen LogP contribution in [-0.2, 0) is 4.79 Å². The van der Waals surface area contributed by atoms with Gasteiger partial charge in [-0.2, -0.15) is 0 Å². The number of nitrogens with one attached hydrogen (secondary N) is 2. The summed E-state index contributed by atoms with van der Waals surface area (Å²) in [5, 5.41) is 6.49. The molecule has 1 heterocycles. The minimum Gasteiger partial charge on any atom is -0.326 e. The number of carbonyl (C=O) groups excluding carboxylic acids is 2. The van der Waals surface area contributed by atoms with Crippen LogP contribution in [0.4, 0.5) is 16.2 Å². The highest BCUT2D eigenvalue weighted by molar-refractivity contribution is 6.34. The normalized spacial score (nSPS) is 16.8. The van der Waals surface area contributed by atoms with Crippen molar-refractivity contribution in [2.45, 2.75) is 19.4 Å². The van der Waals surface area contributed by atoms with E-state index in [1.807, 2.05) is 25.1 Å². The van der Waals surface area contributed by atoms with Crippen LogP contribution >= 0.6 is 23.2 Å². The van der Waals surface area contributed by atoms with Gasteiger partial charge in [0.05, 0.1) is 10.7 Å². The fraction of sp³-hybridized carbons (Fsp3) is 0.222.